The Morgan fingerprint density at radius 3 is 2.62 bits per heavy atom. The highest BCUT2D eigenvalue weighted by Crippen LogP contribution is 2.17. The van der Waals surface area contributed by atoms with Gasteiger partial charge in [-0.3, -0.25) is 4.79 Å². The van der Waals surface area contributed by atoms with Crippen LogP contribution < -0.4 is 0 Å². The zero-order valence-corrected chi connectivity index (χ0v) is 8.10. The first kappa shape index (κ1) is 9.99. The van der Waals surface area contributed by atoms with Crippen LogP contribution in [0.2, 0.25) is 5.02 Å². The summed E-state index contributed by atoms with van der Waals surface area (Å²) < 4.78 is 12.7. The van der Waals surface area contributed by atoms with E-state index in [1.165, 1.54) is 17.0 Å². The van der Waals surface area contributed by atoms with E-state index in [0.29, 0.717) is 0 Å². The molecule has 0 aliphatic carbocycles. The predicted molar refractivity (Wildman–Crippen MR) is 49.4 cm³/mol. The summed E-state index contributed by atoms with van der Waals surface area (Å²) in [4.78, 5) is 12.7. The Morgan fingerprint density at radius 2 is 2.08 bits per heavy atom. The number of halogens is 2. The van der Waals surface area contributed by atoms with Gasteiger partial charge in [0.25, 0.3) is 5.91 Å². The van der Waals surface area contributed by atoms with Crippen molar-refractivity contribution < 1.29 is 9.18 Å². The Kier molecular flexibility index (Phi) is 2.88. The number of nitrogens with zero attached hydrogens (tertiary/aromatic N) is 1. The number of rotatable bonds is 1. The second-order valence-corrected chi connectivity index (χ2v) is 3.23. The number of benzene rings is 1. The van der Waals surface area contributed by atoms with Crippen LogP contribution in [0.25, 0.3) is 0 Å². The molecule has 1 amide bonds. The first-order valence-electron chi connectivity index (χ1n) is 3.69. The molecule has 1 rings (SSSR count). The lowest BCUT2D eigenvalue weighted by atomic mass is 10.2. The van der Waals surface area contributed by atoms with E-state index in [0.717, 1.165) is 6.07 Å². The fraction of sp³-hybridized carbons (Fsp3) is 0.222. The summed E-state index contributed by atoms with van der Waals surface area (Å²) in [6, 6.07) is 3.72. The van der Waals surface area contributed by atoms with Crippen molar-refractivity contribution in [3.05, 3.63) is 34.6 Å². The standard InChI is InChI=1S/C9H9ClFNO/c1-12(2)9(13)7-5-6(11)3-4-8(7)10/h3-5H,1-2H3. The van der Waals surface area contributed by atoms with Gasteiger partial charge in [0.1, 0.15) is 5.82 Å². The molecule has 4 heteroatoms. The number of hydrogen-bond donors (Lipinski definition) is 0. The minimum absolute atomic E-state index is 0.187. The van der Waals surface area contributed by atoms with Crippen LogP contribution in [-0.2, 0) is 0 Å². The number of amides is 1. The molecule has 1 aromatic carbocycles. The summed E-state index contributed by atoms with van der Waals surface area (Å²) in [6.07, 6.45) is 0. The summed E-state index contributed by atoms with van der Waals surface area (Å²) in [5, 5.41) is 0.264. The molecule has 2 nitrogen and oxygen atoms in total. The normalized spacial score (nSPS) is 9.85. The lowest BCUT2D eigenvalue weighted by molar-refractivity contribution is 0.0827. The second-order valence-electron chi connectivity index (χ2n) is 2.82. The van der Waals surface area contributed by atoms with Crippen molar-refractivity contribution in [2.24, 2.45) is 0 Å². The minimum Gasteiger partial charge on any atom is -0.345 e. The van der Waals surface area contributed by atoms with Crippen molar-refractivity contribution in [1.29, 1.82) is 0 Å². The van der Waals surface area contributed by atoms with Crippen LogP contribution in [0.1, 0.15) is 10.4 Å². The van der Waals surface area contributed by atoms with Gasteiger partial charge in [-0.2, -0.15) is 0 Å². The van der Waals surface area contributed by atoms with Crippen molar-refractivity contribution in [1.82, 2.24) is 4.90 Å². The van der Waals surface area contributed by atoms with Gasteiger partial charge in [0.15, 0.2) is 0 Å². The summed E-state index contributed by atoms with van der Waals surface area (Å²) in [5.41, 5.74) is 0.187. The van der Waals surface area contributed by atoms with Crippen molar-refractivity contribution in [3.63, 3.8) is 0 Å². The van der Waals surface area contributed by atoms with Crippen LogP contribution in [0.5, 0.6) is 0 Å². The largest absolute Gasteiger partial charge is 0.345 e. The maximum Gasteiger partial charge on any atom is 0.254 e. The van der Waals surface area contributed by atoms with Crippen LogP contribution in [-0.4, -0.2) is 24.9 Å². The molecule has 1 aromatic rings. The third-order valence-corrected chi connectivity index (χ3v) is 1.89. The van der Waals surface area contributed by atoms with Crippen LogP contribution in [0, 0.1) is 5.82 Å². The predicted octanol–water partition coefficient (Wildman–Crippen LogP) is 2.18. The molecule has 0 heterocycles. The van der Waals surface area contributed by atoms with Crippen LogP contribution in [0.15, 0.2) is 18.2 Å². The highest BCUT2D eigenvalue weighted by Gasteiger charge is 2.12. The van der Waals surface area contributed by atoms with Gasteiger partial charge in [0, 0.05) is 14.1 Å². The van der Waals surface area contributed by atoms with Gasteiger partial charge in [-0.25, -0.2) is 4.39 Å². The lowest BCUT2D eigenvalue weighted by Crippen LogP contribution is -2.22. The third kappa shape index (κ3) is 2.18. The zero-order valence-electron chi connectivity index (χ0n) is 7.34. The molecule has 0 radical (unpaired) electrons. The number of hydrogen-bond acceptors (Lipinski definition) is 1. The first-order valence-corrected chi connectivity index (χ1v) is 4.07. The molecule has 0 saturated carbocycles. The minimum atomic E-state index is -0.463. The number of carbonyl (C=O) groups is 1. The van der Waals surface area contributed by atoms with E-state index in [9.17, 15) is 9.18 Å². The molecule has 70 valence electrons. The molecular weight excluding hydrogens is 193 g/mol. The molecule has 0 atom stereocenters. The molecular formula is C9H9ClFNO. The summed E-state index contributed by atoms with van der Waals surface area (Å²) in [6.45, 7) is 0. The molecule has 0 unspecified atom stereocenters. The van der Waals surface area contributed by atoms with Crippen LogP contribution >= 0.6 is 11.6 Å². The van der Waals surface area contributed by atoms with Gasteiger partial charge >= 0.3 is 0 Å². The van der Waals surface area contributed by atoms with Gasteiger partial charge in [-0.15, -0.1) is 0 Å². The highest BCUT2D eigenvalue weighted by atomic mass is 35.5. The van der Waals surface area contributed by atoms with E-state index in [2.05, 4.69) is 0 Å². The Bertz CT molecular complexity index is 338. The lowest BCUT2D eigenvalue weighted by Gasteiger charge is -2.11. The molecule has 0 aliphatic rings. The molecule has 0 bridgehead atoms. The fourth-order valence-electron chi connectivity index (χ4n) is 0.902. The van der Waals surface area contributed by atoms with E-state index in [1.54, 1.807) is 14.1 Å². The molecule has 0 aliphatic heterocycles. The fourth-order valence-corrected chi connectivity index (χ4v) is 1.10. The Labute approximate surface area is 80.9 Å². The van der Waals surface area contributed by atoms with Crippen molar-refractivity contribution in [2.75, 3.05) is 14.1 Å². The zero-order chi connectivity index (χ0) is 10.0. The third-order valence-electron chi connectivity index (χ3n) is 1.56. The summed E-state index contributed by atoms with van der Waals surface area (Å²) in [7, 11) is 3.17. The highest BCUT2D eigenvalue weighted by molar-refractivity contribution is 6.33. The topological polar surface area (TPSA) is 20.3 Å². The molecule has 0 saturated heterocycles. The van der Waals surface area contributed by atoms with Crippen molar-refractivity contribution in [3.8, 4) is 0 Å². The molecule has 13 heavy (non-hydrogen) atoms. The summed E-state index contributed by atoms with van der Waals surface area (Å²) in [5.74, 6) is -0.765. The molecule has 0 N–H and O–H groups in total. The molecule has 0 fully saturated rings. The first-order chi connectivity index (χ1) is 6.02. The quantitative estimate of drug-likeness (QED) is 0.682. The van der Waals surface area contributed by atoms with E-state index in [4.69, 9.17) is 11.6 Å². The SMILES string of the molecule is CN(C)C(=O)c1cc(F)ccc1Cl. The van der Waals surface area contributed by atoms with Crippen LogP contribution in [0.4, 0.5) is 4.39 Å². The average molecular weight is 202 g/mol. The maximum absolute atomic E-state index is 12.7. The average Bonchev–Trinajstić information content (AvgIpc) is 2.08. The monoisotopic (exact) mass is 201 g/mol. The maximum atomic E-state index is 12.7. The van der Waals surface area contributed by atoms with E-state index in [1.807, 2.05) is 0 Å². The molecule has 0 spiro atoms. The van der Waals surface area contributed by atoms with E-state index in [-0.39, 0.29) is 16.5 Å². The smallest absolute Gasteiger partial charge is 0.254 e. The summed E-state index contributed by atoms with van der Waals surface area (Å²) >= 11 is 5.72. The Balaban J connectivity index is 3.13. The van der Waals surface area contributed by atoms with E-state index >= 15 is 0 Å². The van der Waals surface area contributed by atoms with Gasteiger partial charge in [-0.1, -0.05) is 11.6 Å². The van der Waals surface area contributed by atoms with Gasteiger partial charge in [0.2, 0.25) is 0 Å². The van der Waals surface area contributed by atoms with Gasteiger partial charge < -0.3 is 4.90 Å². The van der Waals surface area contributed by atoms with E-state index < -0.39 is 5.82 Å². The second kappa shape index (κ2) is 3.75. The van der Waals surface area contributed by atoms with Gasteiger partial charge in [-0.05, 0) is 18.2 Å². The Morgan fingerprint density at radius 1 is 1.46 bits per heavy atom. The van der Waals surface area contributed by atoms with Crippen molar-refractivity contribution >= 4 is 17.5 Å². The van der Waals surface area contributed by atoms with Crippen LogP contribution in [0.3, 0.4) is 0 Å². The van der Waals surface area contributed by atoms with Gasteiger partial charge in [0.05, 0.1) is 10.6 Å². The van der Waals surface area contributed by atoms with Crippen molar-refractivity contribution in [2.45, 2.75) is 0 Å². The molecule has 0 aromatic heterocycles. The number of carbonyl (C=O) groups excluding carboxylic acids is 1. The Hall–Kier alpha value is -1.09.